The third-order valence-electron chi connectivity index (χ3n) is 2.46. The van der Waals surface area contributed by atoms with Crippen molar-refractivity contribution in [1.82, 2.24) is 5.32 Å². The highest BCUT2D eigenvalue weighted by atomic mass is 16.6. The highest BCUT2D eigenvalue weighted by Gasteiger charge is 2.13. The van der Waals surface area contributed by atoms with Gasteiger partial charge in [-0.15, -0.1) is 12.3 Å². The molecule has 1 N–H and O–H groups in total. The maximum absolute atomic E-state index is 11.8. The zero-order valence-electron chi connectivity index (χ0n) is 10.1. The summed E-state index contributed by atoms with van der Waals surface area (Å²) in [6, 6.07) is 4.23. The molecule has 0 aliphatic heterocycles. The maximum Gasteiger partial charge on any atom is 0.270 e. The van der Waals surface area contributed by atoms with Gasteiger partial charge >= 0.3 is 0 Å². The minimum Gasteiger partial charge on any atom is -0.352 e. The van der Waals surface area contributed by atoms with Crippen LogP contribution in [0.25, 0.3) is 0 Å². The molecule has 0 saturated heterocycles. The van der Waals surface area contributed by atoms with Gasteiger partial charge in [0.25, 0.3) is 11.6 Å². The molecular weight excluding hydrogens is 232 g/mol. The van der Waals surface area contributed by atoms with Crippen LogP contribution in [0.1, 0.15) is 28.8 Å². The first kappa shape index (κ1) is 13.7. The van der Waals surface area contributed by atoms with Gasteiger partial charge in [-0.05, 0) is 18.9 Å². The first-order valence-corrected chi connectivity index (χ1v) is 5.53. The molecular formula is C13H14N2O3. The number of nitrogens with one attached hydrogen (secondary N) is 1. The average molecular weight is 246 g/mol. The second-order valence-electron chi connectivity index (χ2n) is 3.82. The van der Waals surface area contributed by atoms with Gasteiger partial charge in [-0.1, -0.05) is 6.07 Å². The largest absolute Gasteiger partial charge is 0.352 e. The summed E-state index contributed by atoms with van der Waals surface area (Å²) < 4.78 is 0. The lowest BCUT2D eigenvalue weighted by molar-refractivity contribution is -0.384. The number of amides is 1. The van der Waals surface area contributed by atoms with E-state index in [1.807, 2.05) is 0 Å². The van der Waals surface area contributed by atoms with Gasteiger partial charge in [0, 0.05) is 30.7 Å². The molecule has 0 saturated carbocycles. The molecule has 1 amide bonds. The quantitative estimate of drug-likeness (QED) is 0.374. The van der Waals surface area contributed by atoms with Crippen LogP contribution in [0.5, 0.6) is 0 Å². The summed E-state index contributed by atoms with van der Waals surface area (Å²) in [5.41, 5.74) is 0.939. The number of aryl methyl sites for hydroxylation is 1. The van der Waals surface area contributed by atoms with Crippen LogP contribution in [-0.2, 0) is 0 Å². The summed E-state index contributed by atoms with van der Waals surface area (Å²) in [4.78, 5) is 21.9. The number of benzene rings is 1. The van der Waals surface area contributed by atoms with Crippen LogP contribution >= 0.6 is 0 Å². The lowest BCUT2D eigenvalue weighted by Gasteiger charge is -2.06. The number of nitrogens with zero attached hydrogens (tertiary/aromatic N) is 1. The molecule has 0 aliphatic carbocycles. The highest BCUT2D eigenvalue weighted by Crippen LogP contribution is 2.17. The summed E-state index contributed by atoms with van der Waals surface area (Å²) in [5, 5.41) is 13.3. The SMILES string of the molecule is C#CCCCNC(=O)c1cc([N+](=O)[O-])ccc1C. The topological polar surface area (TPSA) is 72.2 Å². The fourth-order valence-corrected chi connectivity index (χ4v) is 1.46. The van der Waals surface area contributed by atoms with E-state index in [-0.39, 0.29) is 11.6 Å². The number of carbonyl (C=O) groups is 1. The zero-order chi connectivity index (χ0) is 13.5. The molecule has 0 radical (unpaired) electrons. The molecule has 1 aromatic carbocycles. The second kappa shape index (κ2) is 6.40. The molecule has 0 spiro atoms. The predicted octanol–water partition coefficient (Wildman–Crippen LogP) is 2.05. The first-order chi connectivity index (χ1) is 8.56. The first-order valence-electron chi connectivity index (χ1n) is 5.53. The smallest absolute Gasteiger partial charge is 0.270 e. The Balaban J connectivity index is 2.76. The van der Waals surface area contributed by atoms with E-state index in [1.54, 1.807) is 13.0 Å². The summed E-state index contributed by atoms with van der Waals surface area (Å²) in [6.07, 6.45) is 6.38. The monoisotopic (exact) mass is 246 g/mol. The van der Waals surface area contributed by atoms with Crippen molar-refractivity contribution in [1.29, 1.82) is 0 Å². The van der Waals surface area contributed by atoms with Crippen LogP contribution in [0.3, 0.4) is 0 Å². The lowest BCUT2D eigenvalue weighted by Crippen LogP contribution is -2.25. The number of rotatable bonds is 5. The lowest BCUT2D eigenvalue weighted by atomic mass is 10.1. The number of nitro benzene ring substituents is 1. The van der Waals surface area contributed by atoms with E-state index in [1.165, 1.54) is 12.1 Å². The highest BCUT2D eigenvalue weighted by molar-refractivity contribution is 5.96. The Kier molecular flexibility index (Phi) is 4.88. The van der Waals surface area contributed by atoms with E-state index < -0.39 is 4.92 Å². The molecule has 0 bridgehead atoms. The molecule has 0 fully saturated rings. The Bertz CT molecular complexity index is 503. The molecule has 94 valence electrons. The van der Waals surface area contributed by atoms with Gasteiger partial charge in [0.2, 0.25) is 0 Å². The number of hydrogen-bond acceptors (Lipinski definition) is 3. The van der Waals surface area contributed by atoms with E-state index in [0.29, 0.717) is 30.5 Å². The molecule has 18 heavy (non-hydrogen) atoms. The molecule has 0 aromatic heterocycles. The van der Waals surface area contributed by atoms with Gasteiger partial charge in [-0.25, -0.2) is 0 Å². The van der Waals surface area contributed by atoms with Crippen molar-refractivity contribution in [2.45, 2.75) is 19.8 Å². The fourth-order valence-electron chi connectivity index (χ4n) is 1.46. The van der Waals surface area contributed by atoms with E-state index in [2.05, 4.69) is 11.2 Å². The Labute approximate surface area is 105 Å². The van der Waals surface area contributed by atoms with Crippen LogP contribution in [0.4, 0.5) is 5.69 Å². The van der Waals surface area contributed by atoms with Gasteiger partial charge in [-0.2, -0.15) is 0 Å². The van der Waals surface area contributed by atoms with Gasteiger partial charge < -0.3 is 5.32 Å². The van der Waals surface area contributed by atoms with Gasteiger partial charge in [0.15, 0.2) is 0 Å². The Hall–Kier alpha value is -2.35. The molecule has 0 atom stereocenters. The Morgan fingerprint density at radius 1 is 1.56 bits per heavy atom. The van der Waals surface area contributed by atoms with Crippen LogP contribution in [0.2, 0.25) is 0 Å². The Morgan fingerprint density at radius 2 is 2.28 bits per heavy atom. The van der Waals surface area contributed by atoms with E-state index in [9.17, 15) is 14.9 Å². The molecule has 5 heteroatoms. The minimum absolute atomic E-state index is 0.0885. The predicted molar refractivity (Wildman–Crippen MR) is 68.2 cm³/mol. The third-order valence-corrected chi connectivity index (χ3v) is 2.46. The normalized spacial score (nSPS) is 9.56. The molecule has 1 rings (SSSR count). The number of carbonyl (C=O) groups excluding carboxylic acids is 1. The minimum atomic E-state index is -0.519. The molecule has 0 unspecified atom stereocenters. The van der Waals surface area contributed by atoms with Crippen molar-refractivity contribution in [3.8, 4) is 12.3 Å². The summed E-state index contributed by atoms with van der Waals surface area (Å²) in [5.74, 6) is 2.16. The fraction of sp³-hybridized carbons (Fsp3) is 0.308. The van der Waals surface area contributed by atoms with Gasteiger partial charge in [0.05, 0.1) is 4.92 Å². The standard InChI is InChI=1S/C13H14N2O3/c1-3-4-5-8-14-13(16)12-9-11(15(17)18)7-6-10(12)2/h1,6-7,9H,4-5,8H2,2H3,(H,14,16). The van der Waals surface area contributed by atoms with Crippen molar-refractivity contribution >= 4 is 11.6 Å². The number of nitro groups is 1. The van der Waals surface area contributed by atoms with Crippen LogP contribution < -0.4 is 5.32 Å². The molecule has 0 heterocycles. The van der Waals surface area contributed by atoms with E-state index in [0.717, 1.165) is 0 Å². The molecule has 0 aliphatic rings. The van der Waals surface area contributed by atoms with Gasteiger partial charge in [-0.3, -0.25) is 14.9 Å². The molecule has 5 nitrogen and oxygen atoms in total. The maximum atomic E-state index is 11.8. The second-order valence-corrected chi connectivity index (χ2v) is 3.82. The van der Waals surface area contributed by atoms with Crippen LogP contribution in [0, 0.1) is 29.4 Å². The van der Waals surface area contributed by atoms with Crippen molar-refractivity contribution in [3.05, 3.63) is 39.4 Å². The Morgan fingerprint density at radius 3 is 2.89 bits per heavy atom. The van der Waals surface area contributed by atoms with Gasteiger partial charge in [0.1, 0.15) is 0 Å². The van der Waals surface area contributed by atoms with Crippen molar-refractivity contribution < 1.29 is 9.72 Å². The third kappa shape index (κ3) is 3.59. The number of non-ortho nitro benzene ring substituents is 1. The zero-order valence-corrected chi connectivity index (χ0v) is 10.1. The van der Waals surface area contributed by atoms with E-state index >= 15 is 0 Å². The number of hydrogen-bond donors (Lipinski definition) is 1. The molecule has 1 aromatic rings. The van der Waals surface area contributed by atoms with Crippen molar-refractivity contribution in [2.75, 3.05) is 6.54 Å². The summed E-state index contributed by atoms with van der Waals surface area (Å²) in [7, 11) is 0. The average Bonchev–Trinajstić information content (AvgIpc) is 2.34. The van der Waals surface area contributed by atoms with E-state index in [4.69, 9.17) is 6.42 Å². The van der Waals surface area contributed by atoms with Crippen LogP contribution in [0.15, 0.2) is 18.2 Å². The summed E-state index contributed by atoms with van der Waals surface area (Å²) in [6.45, 7) is 2.20. The number of terminal acetylenes is 1. The number of unbranched alkanes of at least 4 members (excludes halogenated alkanes) is 1. The van der Waals surface area contributed by atoms with Crippen molar-refractivity contribution in [2.24, 2.45) is 0 Å². The van der Waals surface area contributed by atoms with Crippen molar-refractivity contribution in [3.63, 3.8) is 0 Å². The summed E-state index contributed by atoms with van der Waals surface area (Å²) >= 11 is 0. The van der Waals surface area contributed by atoms with Crippen LogP contribution in [-0.4, -0.2) is 17.4 Å².